The van der Waals surface area contributed by atoms with Gasteiger partial charge in [-0.25, -0.2) is 8.42 Å². The molecule has 1 unspecified atom stereocenters. The number of rotatable bonds is 5. The van der Waals surface area contributed by atoms with Crippen LogP contribution in [0.25, 0.3) is 0 Å². The minimum atomic E-state index is -3.72. The molecule has 0 spiro atoms. The topological polar surface area (TPSA) is 75.7 Å². The maximum absolute atomic E-state index is 12.8. The number of carbonyl (C=O) groups is 1. The zero-order chi connectivity index (χ0) is 20.3. The molecule has 1 atom stereocenters. The predicted octanol–water partition coefficient (Wildman–Crippen LogP) is 3.51. The Bertz CT molecular complexity index is 976. The number of nitrogens with one attached hydrogen (secondary N) is 1. The highest BCUT2D eigenvalue weighted by Crippen LogP contribution is 2.25. The van der Waals surface area contributed by atoms with Gasteiger partial charge in [0.05, 0.1) is 34.7 Å². The second kappa shape index (κ2) is 8.80. The Balaban J connectivity index is 1.83. The Morgan fingerprint density at radius 3 is 2.54 bits per heavy atom. The molecule has 28 heavy (non-hydrogen) atoms. The number of hydrogen-bond donors (Lipinski definition) is 1. The summed E-state index contributed by atoms with van der Waals surface area (Å²) >= 11 is 12.2. The van der Waals surface area contributed by atoms with Crippen LogP contribution in [0.5, 0.6) is 0 Å². The van der Waals surface area contributed by atoms with Gasteiger partial charge in [-0.2, -0.15) is 4.31 Å². The van der Waals surface area contributed by atoms with Gasteiger partial charge in [0, 0.05) is 18.1 Å². The molecular weight excluding hydrogens is 423 g/mol. The minimum Gasteiger partial charge on any atom is -0.379 e. The summed E-state index contributed by atoms with van der Waals surface area (Å²) in [6.07, 6.45) is 0. The average Bonchev–Trinajstić information content (AvgIpc) is 2.68. The molecule has 0 aliphatic carbocycles. The van der Waals surface area contributed by atoms with E-state index in [1.807, 2.05) is 13.0 Å². The van der Waals surface area contributed by atoms with E-state index < -0.39 is 15.9 Å². The third-order valence-corrected chi connectivity index (χ3v) is 6.95. The summed E-state index contributed by atoms with van der Waals surface area (Å²) < 4.78 is 32.2. The highest BCUT2D eigenvalue weighted by Gasteiger charge is 2.27. The molecule has 2 aromatic carbocycles. The van der Waals surface area contributed by atoms with Crippen molar-refractivity contribution >= 4 is 39.1 Å². The number of sulfonamides is 1. The molecule has 0 saturated carbocycles. The van der Waals surface area contributed by atoms with Crippen molar-refractivity contribution in [2.75, 3.05) is 26.3 Å². The fourth-order valence-electron chi connectivity index (χ4n) is 2.91. The molecule has 1 aliphatic rings. The lowest BCUT2D eigenvalue weighted by Crippen LogP contribution is -2.40. The van der Waals surface area contributed by atoms with Crippen molar-refractivity contribution in [3.63, 3.8) is 0 Å². The molecule has 2 aromatic rings. The van der Waals surface area contributed by atoms with Crippen molar-refractivity contribution in [3.8, 4) is 0 Å². The molecule has 1 fully saturated rings. The summed E-state index contributed by atoms with van der Waals surface area (Å²) in [5.74, 6) is -0.462. The highest BCUT2D eigenvalue weighted by molar-refractivity contribution is 7.89. The molecule has 9 heteroatoms. The van der Waals surface area contributed by atoms with Crippen LogP contribution in [0.2, 0.25) is 10.0 Å². The SMILES string of the molecule is CC(NC(=O)c1cc(S(=O)(=O)N2CCOCC2)ccc1Cl)c1cccc(Cl)c1. The zero-order valence-electron chi connectivity index (χ0n) is 15.2. The number of nitrogens with zero attached hydrogens (tertiary/aromatic N) is 1. The van der Waals surface area contributed by atoms with Crippen LogP contribution in [0.3, 0.4) is 0 Å². The van der Waals surface area contributed by atoms with E-state index in [1.165, 1.54) is 22.5 Å². The van der Waals surface area contributed by atoms with Gasteiger partial charge in [0.2, 0.25) is 10.0 Å². The Labute approximate surface area is 174 Å². The third-order valence-electron chi connectivity index (χ3n) is 4.49. The van der Waals surface area contributed by atoms with Gasteiger partial charge in [-0.05, 0) is 42.8 Å². The summed E-state index contributed by atoms with van der Waals surface area (Å²) in [6, 6.07) is 11.0. The molecule has 1 saturated heterocycles. The largest absolute Gasteiger partial charge is 0.379 e. The van der Waals surface area contributed by atoms with Gasteiger partial charge in [0.25, 0.3) is 5.91 Å². The number of halogens is 2. The van der Waals surface area contributed by atoms with E-state index in [0.29, 0.717) is 18.2 Å². The van der Waals surface area contributed by atoms with Gasteiger partial charge >= 0.3 is 0 Å². The molecule has 1 heterocycles. The average molecular weight is 443 g/mol. The maximum Gasteiger partial charge on any atom is 0.253 e. The first-order chi connectivity index (χ1) is 13.3. The Hall–Kier alpha value is -1.64. The molecule has 0 radical (unpaired) electrons. The maximum atomic E-state index is 12.8. The quantitative estimate of drug-likeness (QED) is 0.768. The summed E-state index contributed by atoms with van der Waals surface area (Å²) in [6.45, 7) is 3.05. The van der Waals surface area contributed by atoms with Crippen LogP contribution in [0.1, 0.15) is 28.9 Å². The van der Waals surface area contributed by atoms with Gasteiger partial charge in [0.15, 0.2) is 0 Å². The standard InChI is InChI=1S/C19H20Cl2N2O4S/c1-13(14-3-2-4-15(20)11-14)22-19(24)17-12-16(5-6-18(17)21)28(25,26)23-7-9-27-10-8-23/h2-6,11-13H,7-10H2,1H3,(H,22,24). The molecule has 1 amide bonds. The first-order valence-corrected chi connectivity index (χ1v) is 10.9. The predicted molar refractivity (Wildman–Crippen MR) is 108 cm³/mol. The van der Waals surface area contributed by atoms with E-state index in [2.05, 4.69) is 5.32 Å². The Morgan fingerprint density at radius 1 is 1.14 bits per heavy atom. The lowest BCUT2D eigenvalue weighted by Gasteiger charge is -2.26. The first-order valence-electron chi connectivity index (χ1n) is 8.73. The monoisotopic (exact) mass is 442 g/mol. The number of ether oxygens (including phenoxy) is 1. The second-order valence-electron chi connectivity index (χ2n) is 6.41. The van der Waals surface area contributed by atoms with Gasteiger partial charge in [-0.15, -0.1) is 0 Å². The van der Waals surface area contributed by atoms with E-state index in [9.17, 15) is 13.2 Å². The van der Waals surface area contributed by atoms with Gasteiger partial charge in [0.1, 0.15) is 0 Å². The van der Waals surface area contributed by atoms with Crippen molar-refractivity contribution in [1.82, 2.24) is 9.62 Å². The Morgan fingerprint density at radius 2 is 1.86 bits per heavy atom. The smallest absolute Gasteiger partial charge is 0.253 e. The van der Waals surface area contributed by atoms with E-state index in [0.717, 1.165) is 5.56 Å². The lowest BCUT2D eigenvalue weighted by atomic mass is 10.1. The summed E-state index contributed by atoms with van der Waals surface area (Å²) in [4.78, 5) is 12.8. The molecule has 6 nitrogen and oxygen atoms in total. The Kier molecular flexibility index (Phi) is 6.62. The molecule has 3 rings (SSSR count). The molecule has 150 valence electrons. The van der Waals surface area contributed by atoms with Gasteiger partial charge < -0.3 is 10.1 Å². The zero-order valence-corrected chi connectivity index (χ0v) is 17.5. The molecule has 1 N–H and O–H groups in total. The molecular formula is C19H20Cl2N2O4S. The number of morpholine rings is 1. The first kappa shape index (κ1) is 21.1. The number of hydrogen-bond acceptors (Lipinski definition) is 4. The molecule has 0 aromatic heterocycles. The van der Waals surface area contributed by atoms with Gasteiger partial charge in [-0.3, -0.25) is 4.79 Å². The van der Waals surface area contributed by atoms with E-state index in [4.69, 9.17) is 27.9 Å². The normalized spacial score (nSPS) is 16.5. The molecule has 1 aliphatic heterocycles. The van der Waals surface area contributed by atoms with Crippen LogP contribution in [0, 0.1) is 0 Å². The van der Waals surface area contributed by atoms with Crippen LogP contribution in [0.4, 0.5) is 0 Å². The van der Waals surface area contributed by atoms with Crippen molar-refractivity contribution in [1.29, 1.82) is 0 Å². The fourth-order valence-corrected chi connectivity index (χ4v) is 4.75. The number of amides is 1. The summed E-state index contributed by atoms with van der Waals surface area (Å²) in [7, 11) is -3.72. The highest BCUT2D eigenvalue weighted by atomic mass is 35.5. The summed E-state index contributed by atoms with van der Waals surface area (Å²) in [5, 5.41) is 3.57. The van der Waals surface area contributed by atoms with Crippen molar-refractivity contribution in [2.24, 2.45) is 0 Å². The van der Waals surface area contributed by atoms with Crippen LogP contribution >= 0.6 is 23.2 Å². The third kappa shape index (κ3) is 4.67. The van der Waals surface area contributed by atoms with Crippen LogP contribution in [-0.2, 0) is 14.8 Å². The van der Waals surface area contributed by atoms with E-state index in [1.54, 1.807) is 18.2 Å². The van der Waals surface area contributed by atoms with Crippen molar-refractivity contribution < 1.29 is 17.9 Å². The van der Waals surface area contributed by atoms with Crippen molar-refractivity contribution in [2.45, 2.75) is 17.9 Å². The number of carbonyl (C=O) groups excluding carboxylic acids is 1. The fraction of sp³-hybridized carbons (Fsp3) is 0.316. The van der Waals surface area contributed by atoms with Crippen LogP contribution in [0.15, 0.2) is 47.4 Å². The second-order valence-corrected chi connectivity index (χ2v) is 9.19. The van der Waals surface area contributed by atoms with Crippen LogP contribution in [-0.4, -0.2) is 44.9 Å². The van der Waals surface area contributed by atoms with Crippen LogP contribution < -0.4 is 5.32 Å². The van der Waals surface area contributed by atoms with E-state index in [-0.39, 0.29) is 34.6 Å². The number of benzene rings is 2. The minimum absolute atomic E-state index is 0.0272. The summed E-state index contributed by atoms with van der Waals surface area (Å²) in [5.41, 5.74) is 0.930. The lowest BCUT2D eigenvalue weighted by molar-refractivity contribution is 0.0730. The molecule has 0 bridgehead atoms. The van der Waals surface area contributed by atoms with Crippen molar-refractivity contribution in [3.05, 3.63) is 63.6 Å². The van der Waals surface area contributed by atoms with Gasteiger partial charge in [-0.1, -0.05) is 35.3 Å². The van der Waals surface area contributed by atoms with E-state index >= 15 is 0 Å².